The molecule has 0 unspecified atom stereocenters. The van der Waals surface area contributed by atoms with Crippen LogP contribution in [0.3, 0.4) is 0 Å². The van der Waals surface area contributed by atoms with Gasteiger partial charge in [0.05, 0.1) is 22.9 Å². The maximum atomic E-state index is 4.64. The van der Waals surface area contributed by atoms with E-state index in [9.17, 15) is 0 Å². The van der Waals surface area contributed by atoms with Crippen LogP contribution in [0.1, 0.15) is 5.69 Å². The summed E-state index contributed by atoms with van der Waals surface area (Å²) in [6.07, 6.45) is 8.96. The number of aryl methyl sites for hydroxylation is 1. The van der Waals surface area contributed by atoms with Gasteiger partial charge in [-0.05, 0) is 42.8 Å². The minimum absolute atomic E-state index is 0.617. The Morgan fingerprint density at radius 1 is 1.14 bits per heavy atom. The number of allylic oxidation sites excluding steroid dienone is 1. The summed E-state index contributed by atoms with van der Waals surface area (Å²) in [5.74, 6) is 1.31. The van der Waals surface area contributed by atoms with E-state index in [1.807, 2.05) is 49.7 Å². The Hall–Kier alpha value is -4.14. The molecule has 0 spiro atoms. The highest BCUT2D eigenvalue weighted by atomic mass is 15.7. The standard InChI is InChI=1S/C19H17N9/c1-12-9-13(3-7-20-12)14-10-15-16(11-17(14)28-22-5-2-6-23-28)25-19(24-15)26-18-4-8-21-27-18/h2-11,22H,1H3,(H3,21,24,25,26,27). The first kappa shape index (κ1) is 16.1. The molecule has 4 heterocycles. The maximum Gasteiger partial charge on any atom is 0.206 e. The van der Waals surface area contributed by atoms with Gasteiger partial charge in [-0.25, -0.2) is 4.98 Å². The largest absolute Gasteiger partial charge is 0.324 e. The Bertz CT molecular complexity index is 1190. The quantitative estimate of drug-likeness (QED) is 0.438. The molecule has 0 atom stereocenters. The number of aromatic nitrogens is 5. The number of H-pyrrole nitrogens is 2. The average molecular weight is 371 g/mol. The van der Waals surface area contributed by atoms with Gasteiger partial charge in [0.25, 0.3) is 0 Å². The van der Waals surface area contributed by atoms with Crippen LogP contribution in [-0.4, -0.2) is 31.4 Å². The third kappa shape index (κ3) is 2.94. The predicted molar refractivity (Wildman–Crippen MR) is 109 cm³/mol. The first-order valence-electron chi connectivity index (χ1n) is 8.75. The molecule has 3 aromatic heterocycles. The highest BCUT2D eigenvalue weighted by Gasteiger charge is 2.16. The lowest BCUT2D eigenvalue weighted by Gasteiger charge is -2.23. The van der Waals surface area contributed by atoms with E-state index in [4.69, 9.17) is 0 Å². The molecule has 1 aliphatic heterocycles. The number of hydrazine groups is 1. The van der Waals surface area contributed by atoms with Crippen LogP contribution in [-0.2, 0) is 0 Å². The van der Waals surface area contributed by atoms with Crippen molar-refractivity contribution in [1.82, 2.24) is 30.6 Å². The van der Waals surface area contributed by atoms with Gasteiger partial charge >= 0.3 is 0 Å². The van der Waals surface area contributed by atoms with Gasteiger partial charge in [0.1, 0.15) is 0 Å². The molecule has 0 fully saturated rings. The predicted octanol–water partition coefficient (Wildman–Crippen LogP) is 3.22. The molecule has 4 aromatic rings. The lowest BCUT2D eigenvalue weighted by atomic mass is 10.0. The fourth-order valence-electron chi connectivity index (χ4n) is 3.10. The molecule has 0 radical (unpaired) electrons. The zero-order valence-corrected chi connectivity index (χ0v) is 15.0. The number of benzene rings is 1. The first-order chi connectivity index (χ1) is 13.8. The summed E-state index contributed by atoms with van der Waals surface area (Å²) in [6.45, 7) is 1.98. The van der Waals surface area contributed by atoms with Gasteiger partial charge < -0.3 is 10.3 Å². The van der Waals surface area contributed by atoms with Crippen LogP contribution in [0.2, 0.25) is 0 Å². The number of rotatable bonds is 4. The van der Waals surface area contributed by atoms with Gasteiger partial charge in [-0.1, -0.05) is 0 Å². The Morgan fingerprint density at radius 3 is 2.89 bits per heavy atom. The lowest BCUT2D eigenvalue weighted by molar-refractivity contribution is 0.776. The van der Waals surface area contributed by atoms with E-state index < -0.39 is 0 Å². The Labute approximate surface area is 160 Å². The van der Waals surface area contributed by atoms with Gasteiger partial charge in [0, 0.05) is 35.9 Å². The van der Waals surface area contributed by atoms with E-state index in [-0.39, 0.29) is 0 Å². The second kappa shape index (κ2) is 6.54. The summed E-state index contributed by atoms with van der Waals surface area (Å²) in [7, 11) is 0. The third-order valence-electron chi connectivity index (χ3n) is 4.34. The van der Waals surface area contributed by atoms with Gasteiger partial charge in [0.15, 0.2) is 5.82 Å². The molecule has 0 amide bonds. The molecule has 0 saturated carbocycles. The number of hydrogen-bond acceptors (Lipinski definition) is 7. The summed E-state index contributed by atoms with van der Waals surface area (Å²) in [4.78, 5) is 12.2. The number of hydrazone groups is 1. The summed E-state index contributed by atoms with van der Waals surface area (Å²) >= 11 is 0. The number of anilines is 3. The molecule has 9 heteroatoms. The Morgan fingerprint density at radius 2 is 2.11 bits per heavy atom. The van der Waals surface area contributed by atoms with Crippen molar-refractivity contribution >= 4 is 34.7 Å². The van der Waals surface area contributed by atoms with Gasteiger partial charge in [-0.3, -0.25) is 15.5 Å². The molecule has 1 aromatic carbocycles. The van der Waals surface area contributed by atoms with E-state index >= 15 is 0 Å². The normalized spacial score (nSPS) is 13.1. The van der Waals surface area contributed by atoms with Crippen LogP contribution in [0.4, 0.5) is 17.5 Å². The number of fused-ring (bicyclic) bond motifs is 1. The molecule has 28 heavy (non-hydrogen) atoms. The van der Waals surface area contributed by atoms with Crippen molar-refractivity contribution < 1.29 is 0 Å². The van der Waals surface area contributed by atoms with E-state index in [0.717, 1.165) is 33.5 Å². The van der Waals surface area contributed by atoms with Crippen LogP contribution < -0.4 is 15.9 Å². The molecule has 9 nitrogen and oxygen atoms in total. The monoisotopic (exact) mass is 371 g/mol. The minimum Gasteiger partial charge on any atom is -0.324 e. The number of nitrogens with zero attached hydrogens (tertiary/aromatic N) is 5. The van der Waals surface area contributed by atoms with Crippen LogP contribution >= 0.6 is 0 Å². The van der Waals surface area contributed by atoms with E-state index in [1.165, 1.54) is 0 Å². The summed E-state index contributed by atoms with van der Waals surface area (Å²) < 4.78 is 0. The summed E-state index contributed by atoms with van der Waals surface area (Å²) in [6, 6.07) is 9.93. The van der Waals surface area contributed by atoms with Gasteiger partial charge in [-0.2, -0.15) is 15.3 Å². The molecule has 0 bridgehead atoms. The van der Waals surface area contributed by atoms with Crippen LogP contribution in [0.15, 0.2) is 60.1 Å². The molecule has 0 saturated heterocycles. The smallest absolute Gasteiger partial charge is 0.206 e. The number of imidazole rings is 1. The third-order valence-corrected chi connectivity index (χ3v) is 4.34. The lowest BCUT2D eigenvalue weighted by Crippen LogP contribution is -2.31. The SMILES string of the molecule is Cc1cc(-c2cc3[nH]c(Nc4cc[nH]n4)nc3cc2N2N=CC=CN2)ccn1. The van der Waals surface area contributed by atoms with Crippen molar-refractivity contribution in [2.45, 2.75) is 6.92 Å². The van der Waals surface area contributed by atoms with Gasteiger partial charge in [0.2, 0.25) is 5.95 Å². The minimum atomic E-state index is 0.617. The average Bonchev–Trinajstić information content (AvgIpc) is 3.37. The molecule has 1 aliphatic rings. The number of pyridine rings is 1. The van der Waals surface area contributed by atoms with Crippen molar-refractivity contribution in [3.05, 3.63) is 60.7 Å². The molecule has 5 rings (SSSR count). The highest BCUT2D eigenvalue weighted by molar-refractivity contribution is 5.92. The molecule has 138 valence electrons. The van der Waals surface area contributed by atoms with E-state index in [2.05, 4.69) is 47.1 Å². The topological polar surface area (TPSA) is 110 Å². The Balaban J connectivity index is 1.64. The fraction of sp³-hybridized carbons (Fsp3) is 0.0526. The highest BCUT2D eigenvalue weighted by Crippen LogP contribution is 2.35. The van der Waals surface area contributed by atoms with Crippen LogP contribution in [0.25, 0.3) is 22.2 Å². The fourth-order valence-corrected chi connectivity index (χ4v) is 3.10. The first-order valence-corrected chi connectivity index (χ1v) is 8.75. The van der Waals surface area contributed by atoms with Crippen molar-refractivity contribution in [3.8, 4) is 11.1 Å². The van der Waals surface area contributed by atoms with E-state index in [1.54, 1.807) is 17.5 Å². The summed E-state index contributed by atoms with van der Waals surface area (Å²) in [5.41, 5.74) is 8.75. The number of nitrogens with one attached hydrogen (secondary N) is 4. The maximum absolute atomic E-state index is 4.64. The molecule has 4 N–H and O–H groups in total. The molecular weight excluding hydrogens is 354 g/mol. The van der Waals surface area contributed by atoms with Crippen LogP contribution in [0, 0.1) is 6.92 Å². The van der Waals surface area contributed by atoms with Crippen molar-refractivity contribution in [2.24, 2.45) is 5.10 Å². The second-order valence-corrected chi connectivity index (χ2v) is 6.31. The zero-order valence-electron chi connectivity index (χ0n) is 15.0. The Kier molecular flexibility index (Phi) is 3.75. The second-order valence-electron chi connectivity index (χ2n) is 6.31. The number of hydrogen-bond donors (Lipinski definition) is 4. The molecule has 0 aliphatic carbocycles. The van der Waals surface area contributed by atoms with Crippen molar-refractivity contribution in [1.29, 1.82) is 0 Å². The van der Waals surface area contributed by atoms with E-state index in [0.29, 0.717) is 11.8 Å². The number of aromatic amines is 2. The van der Waals surface area contributed by atoms with Crippen molar-refractivity contribution in [2.75, 3.05) is 10.4 Å². The van der Waals surface area contributed by atoms with Crippen molar-refractivity contribution in [3.63, 3.8) is 0 Å². The van der Waals surface area contributed by atoms with Crippen LogP contribution in [0.5, 0.6) is 0 Å². The summed E-state index contributed by atoms with van der Waals surface area (Å²) in [5, 5.41) is 16.2. The molecular formula is C19H17N9. The zero-order chi connectivity index (χ0) is 18.9. The van der Waals surface area contributed by atoms with Gasteiger partial charge in [-0.15, -0.1) is 0 Å².